The fourth-order valence-electron chi connectivity index (χ4n) is 2.14. The molecular weight excluding hydrogens is 390 g/mol. The molecule has 5 nitrogen and oxygen atoms in total. The molecule has 1 heterocycles. The monoisotopic (exact) mass is 405 g/mol. The van der Waals surface area contributed by atoms with Crippen molar-refractivity contribution in [3.05, 3.63) is 27.1 Å². The van der Waals surface area contributed by atoms with Crippen LogP contribution in [-0.2, 0) is 0 Å². The van der Waals surface area contributed by atoms with Gasteiger partial charge in [0.1, 0.15) is 0 Å². The standard InChI is InChI=1S/C13H17Br2N3O2/c14-10-7-11(15)9-12(8-10)16-13(20)18-3-1-17(2-4-18)5-6-19/h7-9,19H,1-6H2,(H,16,20). The number of amides is 2. The number of carbonyl (C=O) groups is 1. The second-order valence-electron chi connectivity index (χ2n) is 4.64. The van der Waals surface area contributed by atoms with Crippen molar-refractivity contribution in [3.8, 4) is 0 Å². The van der Waals surface area contributed by atoms with E-state index in [4.69, 9.17) is 5.11 Å². The van der Waals surface area contributed by atoms with Crippen molar-refractivity contribution in [2.45, 2.75) is 0 Å². The van der Waals surface area contributed by atoms with Crippen molar-refractivity contribution < 1.29 is 9.90 Å². The van der Waals surface area contributed by atoms with Gasteiger partial charge in [-0.15, -0.1) is 0 Å². The molecule has 1 fully saturated rings. The summed E-state index contributed by atoms with van der Waals surface area (Å²) in [5.74, 6) is 0. The third kappa shape index (κ3) is 4.44. The van der Waals surface area contributed by atoms with Gasteiger partial charge in [0.15, 0.2) is 0 Å². The predicted molar refractivity (Wildman–Crippen MR) is 86.0 cm³/mol. The number of β-amino-alcohol motifs (C(OH)–C–C–N with tert-alkyl or cyclic N) is 1. The second kappa shape index (κ2) is 7.40. The number of hydrogen-bond acceptors (Lipinski definition) is 3. The fourth-order valence-corrected chi connectivity index (χ4v) is 3.44. The number of aliphatic hydroxyl groups excluding tert-OH is 1. The molecule has 2 rings (SSSR count). The molecule has 1 aliphatic heterocycles. The Labute approximate surface area is 135 Å². The van der Waals surface area contributed by atoms with Gasteiger partial charge in [0.05, 0.1) is 6.61 Å². The minimum absolute atomic E-state index is 0.0846. The molecule has 1 aromatic rings. The Morgan fingerprint density at radius 3 is 2.30 bits per heavy atom. The molecule has 0 aromatic heterocycles. The quantitative estimate of drug-likeness (QED) is 0.810. The molecule has 1 aromatic carbocycles. The van der Waals surface area contributed by atoms with E-state index in [0.29, 0.717) is 19.6 Å². The number of aliphatic hydroxyl groups is 1. The van der Waals surface area contributed by atoms with Crippen LogP contribution in [0, 0.1) is 0 Å². The third-order valence-corrected chi connectivity index (χ3v) is 4.11. The molecule has 0 unspecified atom stereocenters. The van der Waals surface area contributed by atoms with Gasteiger partial charge in [-0.05, 0) is 18.2 Å². The van der Waals surface area contributed by atoms with Crippen molar-refractivity contribution >= 4 is 43.6 Å². The minimum atomic E-state index is -0.0846. The molecule has 7 heteroatoms. The van der Waals surface area contributed by atoms with Crippen LogP contribution in [0.3, 0.4) is 0 Å². The smallest absolute Gasteiger partial charge is 0.321 e. The van der Waals surface area contributed by atoms with E-state index < -0.39 is 0 Å². The van der Waals surface area contributed by atoms with Crippen LogP contribution < -0.4 is 5.32 Å². The van der Waals surface area contributed by atoms with E-state index in [2.05, 4.69) is 42.1 Å². The van der Waals surface area contributed by atoms with E-state index in [1.807, 2.05) is 18.2 Å². The molecule has 110 valence electrons. The summed E-state index contributed by atoms with van der Waals surface area (Å²) in [5, 5.41) is 11.8. The average molecular weight is 407 g/mol. The summed E-state index contributed by atoms with van der Waals surface area (Å²) in [6.07, 6.45) is 0. The fraction of sp³-hybridized carbons (Fsp3) is 0.462. The highest BCUT2D eigenvalue weighted by atomic mass is 79.9. The third-order valence-electron chi connectivity index (χ3n) is 3.19. The van der Waals surface area contributed by atoms with Crippen LogP contribution >= 0.6 is 31.9 Å². The molecule has 0 aliphatic carbocycles. The van der Waals surface area contributed by atoms with E-state index in [1.165, 1.54) is 0 Å². The van der Waals surface area contributed by atoms with Crippen LogP contribution in [0.15, 0.2) is 27.1 Å². The first kappa shape index (κ1) is 15.8. The molecule has 0 atom stereocenters. The Morgan fingerprint density at radius 1 is 1.15 bits per heavy atom. The molecule has 1 saturated heterocycles. The number of anilines is 1. The van der Waals surface area contributed by atoms with Crippen molar-refractivity contribution in [1.82, 2.24) is 9.80 Å². The summed E-state index contributed by atoms with van der Waals surface area (Å²) in [5.41, 5.74) is 0.758. The number of hydrogen-bond donors (Lipinski definition) is 2. The van der Waals surface area contributed by atoms with Gasteiger partial charge in [-0.3, -0.25) is 4.90 Å². The van der Waals surface area contributed by atoms with Gasteiger partial charge < -0.3 is 15.3 Å². The van der Waals surface area contributed by atoms with E-state index in [0.717, 1.165) is 27.7 Å². The highest BCUT2D eigenvalue weighted by Gasteiger charge is 2.20. The van der Waals surface area contributed by atoms with E-state index in [-0.39, 0.29) is 12.6 Å². The van der Waals surface area contributed by atoms with Crippen LogP contribution in [-0.4, -0.2) is 60.3 Å². The van der Waals surface area contributed by atoms with Crippen LogP contribution in [0.5, 0.6) is 0 Å². The maximum Gasteiger partial charge on any atom is 0.321 e. The van der Waals surface area contributed by atoms with Crippen LogP contribution in [0.1, 0.15) is 0 Å². The number of urea groups is 1. The van der Waals surface area contributed by atoms with Crippen LogP contribution in [0.25, 0.3) is 0 Å². The Bertz CT molecular complexity index is 456. The first-order chi connectivity index (χ1) is 9.58. The van der Waals surface area contributed by atoms with Gasteiger partial charge in [-0.1, -0.05) is 31.9 Å². The van der Waals surface area contributed by atoms with Gasteiger partial charge in [0.25, 0.3) is 0 Å². The summed E-state index contributed by atoms with van der Waals surface area (Å²) in [4.78, 5) is 16.1. The molecule has 1 aliphatic rings. The highest BCUT2D eigenvalue weighted by Crippen LogP contribution is 2.23. The Balaban J connectivity index is 1.89. The lowest BCUT2D eigenvalue weighted by molar-refractivity contribution is 0.127. The summed E-state index contributed by atoms with van der Waals surface area (Å²) < 4.78 is 1.82. The van der Waals surface area contributed by atoms with Crippen molar-refractivity contribution in [3.63, 3.8) is 0 Å². The predicted octanol–water partition coefficient (Wildman–Crippen LogP) is 2.35. The first-order valence-corrected chi connectivity index (χ1v) is 8.02. The Kier molecular flexibility index (Phi) is 5.83. The van der Waals surface area contributed by atoms with E-state index in [9.17, 15) is 4.79 Å². The zero-order valence-corrected chi connectivity index (χ0v) is 14.2. The van der Waals surface area contributed by atoms with Crippen molar-refractivity contribution in [1.29, 1.82) is 0 Å². The molecular formula is C13H17Br2N3O2. The number of benzene rings is 1. The summed E-state index contributed by atoms with van der Waals surface area (Å²) in [7, 11) is 0. The van der Waals surface area contributed by atoms with Gasteiger partial charge in [-0.2, -0.15) is 0 Å². The zero-order valence-electron chi connectivity index (χ0n) is 11.0. The number of rotatable bonds is 3. The first-order valence-electron chi connectivity index (χ1n) is 6.44. The van der Waals surface area contributed by atoms with Gasteiger partial charge in [0, 0.05) is 47.4 Å². The van der Waals surface area contributed by atoms with Gasteiger partial charge in [-0.25, -0.2) is 4.79 Å². The topological polar surface area (TPSA) is 55.8 Å². The maximum atomic E-state index is 12.2. The van der Waals surface area contributed by atoms with Crippen LogP contribution in [0.4, 0.5) is 10.5 Å². The Morgan fingerprint density at radius 2 is 1.75 bits per heavy atom. The lowest BCUT2D eigenvalue weighted by Crippen LogP contribution is -2.50. The average Bonchev–Trinajstić information content (AvgIpc) is 2.38. The maximum absolute atomic E-state index is 12.2. The summed E-state index contributed by atoms with van der Waals surface area (Å²) in [6.45, 7) is 3.81. The highest BCUT2D eigenvalue weighted by molar-refractivity contribution is 9.11. The number of halogens is 2. The molecule has 20 heavy (non-hydrogen) atoms. The number of piperazine rings is 1. The van der Waals surface area contributed by atoms with E-state index in [1.54, 1.807) is 4.90 Å². The lowest BCUT2D eigenvalue weighted by Gasteiger charge is -2.34. The SMILES string of the molecule is O=C(Nc1cc(Br)cc(Br)c1)N1CCN(CCO)CC1. The Hall–Kier alpha value is -0.630. The largest absolute Gasteiger partial charge is 0.395 e. The normalized spacial score (nSPS) is 16.2. The number of nitrogens with zero attached hydrogens (tertiary/aromatic N) is 2. The summed E-state index contributed by atoms with van der Waals surface area (Å²) >= 11 is 6.80. The lowest BCUT2D eigenvalue weighted by atomic mass is 10.3. The minimum Gasteiger partial charge on any atom is -0.395 e. The molecule has 0 bridgehead atoms. The molecule has 0 radical (unpaired) electrons. The van der Waals surface area contributed by atoms with Gasteiger partial charge in [0.2, 0.25) is 0 Å². The molecule has 0 saturated carbocycles. The molecule has 0 spiro atoms. The zero-order chi connectivity index (χ0) is 14.5. The van der Waals surface area contributed by atoms with Crippen molar-refractivity contribution in [2.75, 3.05) is 44.6 Å². The summed E-state index contributed by atoms with van der Waals surface area (Å²) in [6, 6.07) is 5.57. The van der Waals surface area contributed by atoms with E-state index >= 15 is 0 Å². The number of nitrogens with one attached hydrogen (secondary N) is 1. The second-order valence-corrected chi connectivity index (χ2v) is 6.47. The molecule has 2 N–H and O–H groups in total. The molecule has 2 amide bonds. The number of carbonyl (C=O) groups excluding carboxylic acids is 1. The van der Waals surface area contributed by atoms with Crippen molar-refractivity contribution in [2.24, 2.45) is 0 Å². The van der Waals surface area contributed by atoms with Crippen LogP contribution in [0.2, 0.25) is 0 Å². The van der Waals surface area contributed by atoms with Gasteiger partial charge >= 0.3 is 6.03 Å².